The summed E-state index contributed by atoms with van der Waals surface area (Å²) in [5.74, 6) is 1.15. The average molecular weight is 274 g/mol. The Morgan fingerprint density at radius 3 is 2.56 bits per heavy atom. The van der Waals surface area contributed by atoms with Gasteiger partial charge in [0.15, 0.2) is 11.5 Å². The van der Waals surface area contributed by atoms with Gasteiger partial charge < -0.3 is 19.9 Å². The van der Waals surface area contributed by atoms with E-state index < -0.39 is 0 Å². The van der Waals surface area contributed by atoms with Gasteiger partial charge in [0, 0.05) is 12.6 Å². The van der Waals surface area contributed by atoms with E-state index in [1.165, 1.54) is 0 Å². The molecule has 0 aliphatic rings. The molecule has 102 valence electrons. The minimum atomic E-state index is 0.0779. The van der Waals surface area contributed by atoms with Crippen LogP contribution in [0.5, 0.6) is 11.5 Å². The molecule has 0 aromatic heterocycles. The van der Waals surface area contributed by atoms with Crippen molar-refractivity contribution < 1.29 is 14.6 Å². The van der Waals surface area contributed by atoms with Gasteiger partial charge in [-0.15, -0.1) is 0 Å². The molecule has 0 unspecified atom stereocenters. The lowest BCUT2D eigenvalue weighted by atomic mass is 10.1. The minimum Gasteiger partial charge on any atom is -0.493 e. The maximum absolute atomic E-state index is 9.12. The molecule has 0 aliphatic heterocycles. The maximum Gasteiger partial charge on any atom is 0.179 e. The van der Waals surface area contributed by atoms with Gasteiger partial charge in [0.1, 0.15) is 0 Å². The first-order valence-electron chi connectivity index (χ1n) is 5.91. The van der Waals surface area contributed by atoms with Crippen LogP contribution in [0.1, 0.15) is 18.9 Å². The molecule has 0 fully saturated rings. The van der Waals surface area contributed by atoms with Crippen LogP contribution in [0.2, 0.25) is 5.02 Å². The Balaban J connectivity index is 2.84. The summed E-state index contributed by atoms with van der Waals surface area (Å²) in [6.45, 7) is 2.71. The molecule has 0 radical (unpaired) electrons. The summed E-state index contributed by atoms with van der Waals surface area (Å²) in [4.78, 5) is 0. The van der Waals surface area contributed by atoms with Crippen LogP contribution in [0.4, 0.5) is 0 Å². The number of aliphatic hydroxyl groups excluding tert-OH is 1. The fourth-order valence-corrected chi connectivity index (χ4v) is 1.96. The molecule has 2 N–H and O–H groups in total. The molecule has 0 saturated carbocycles. The van der Waals surface area contributed by atoms with Crippen molar-refractivity contribution in [3.63, 3.8) is 0 Å². The van der Waals surface area contributed by atoms with Gasteiger partial charge in [0.2, 0.25) is 0 Å². The van der Waals surface area contributed by atoms with E-state index in [1.54, 1.807) is 14.2 Å². The first-order chi connectivity index (χ1) is 8.67. The van der Waals surface area contributed by atoms with Gasteiger partial charge in [0.05, 0.1) is 25.8 Å². The minimum absolute atomic E-state index is 0.0779. The van der Waals surface area contributed by atoms with Crippen LogP contribution in [-0.2, 0) is 6.54 Å². The zero-order chi connectivity index (χ0) is 13.5. The van der Waals surface area contributed by atoms with Crippen molar-refractivity contribution in [3.8, 4) is 11.5 Å². The molecular weight excluding hydrogens is 254 g/mol. The normalized spacial score (nSPS) is 12.3. The van der Waals surface area contributed by atoms with Crippen molar-refractivity contribution in [3.05, 3.63) is 22.7 Å². The average Bonchev–Trinajstić information content (AvgIpc) is 2.40. The van der Waals surface area contributed by atoms with Crippen molar-refractivity contribution in [2.75, 3.05) is 20.8 Å². The van der Waals surface area contributed by atoms with E-state index in [0.29, 0.717) is 23.1 Å². The van der Waals surface area contributed by atoms with E-state index in [0.717, 1.165) is 12.0 Å². The molecule has 1 aromatic carbocycles. The lowest BCUT2D eigenvalue weighted by molar-refractivity contribution is 0.238. The molecule has 0 spiro atoms. The molecule has 4 nitrogen and oxygen atoms in total. The molecule has 1 atom stereocenters. The highest BCUT2D eigenvalue weighted by atomic mass is 35.5. The fraction of sp³-hybridized carbons (Fsp3) is 0.538. The number of halogens is 1. The molecule has 18 heavy (non-hydrogen) atoms. The lowest BCUT2D eigenvalue weighted by Gasteiger charge is -2.16. The van der Waals surface area contributed by atoms with Crippen LogP contribution < -0.4 is 14.8 Å². The molecule has 0 amide bonds. The Morgan fingerprint density at radius 1 is 1.33 bits per heavy atom. The summed E-state index contributed by atoms with van der Waals surface area (Å²) >= 11 is 6.26. The van der Waals surface area contributed by atoms with Crippen LogP contribution in [0.3, 0.4) is 0 Å². The second-order valence-corrected chi connectivity index (χ2v) is 4.32. The Bertz CT molecular complexity index is 381. The SMILES string of the molecule is CC[C@H](CO)NCc1ccc(OC)c(OC)c1Cl. The maximum atomic E-state index is 9.12. The van der Waals surface area contributed by atoms with Gasteiger partial charge in [-0.2, -0.15) is 0 Å². The van der Waals surface area contributed by atoms with Gasteiger partial charge in [-0.3, -0.25) is 0 Å². The Hall–Kier alpha value is -0.970. The first-order valence-corrected chi connectivity index (χ1v) is 6.29. The number of ether oxygens (including phenoxy) is 2. The second kappa shape index (κ2) is 7.46. The van der Waals surface area contributed by atoms with Gasteiger partial charge in [-0.1, -0.05) is 24.6 Å². The van der Waals surface area contributed by atoms with Crippen LogP contribution in [0, 0.1) is 0 Å². The molecule has 0 aliphatic carbocycles. The monoisotopic (exact) mass is 273 g/mol. The van der Waals surface area contributed by atoms with E-state index in [9.17, 15) is 0 Å². The van der Waals surface area contributed by atoms with Gasteiger partial charge in [-0.25, -0.2) is 0 Å². The largest absolute Gasteiger partial charge is 0.493 e. The van der Waals surface area contributed by atoms with E-state index in [4.69, 9.17) is 26.2 Å². The highest BCUT2D eigenvalue weighted by Gasteiger charge is 2.13. The zero-order valence-corrected chi connectivity index (χ0v) is 11.8. The van der Waals surface area contributed by atoms with Crippen molar-refractivity contribution in [2.45, 2.75) is 25.9 Å². The van der Waals surface area contributed by atoms with Crippen molar-refractivity contribution >= 4 is 11.6 Å². The highest BCUT2D eigenvalue weighted by molar-refractivity contribution is 6.33. The summed E-state index contributed by atoms with van der Waals surface area (Å²) < 4.78 is 10.4. The Kier molecular flexibility index (Phi) is 6.25. The number of aliphatic hydroxyl groups is 1. The number of rotatable bonds is 7. The molecule has 0 bridgehead atoms. The predicted octanol–water partition coefficient (Wildman–Crippen LogP) is 2.22. The fourth-order valence-electron chi connectivity index (χ4n) is 1.66. The molecular formula is C13H20ClNO3. The predicted molar refractivity (Wildman–Crippen MR) is 72.6 cm³/mol. The Labute approximate surface area is 113 Å². The Morgan fingerprint density at radius 2 is 2.06 bits per heavy atom. The van der Waals surface area contributed by atoms with Gasteiger partial charge in [-0.05, 0) is 18.1 Å². The van der Waals surface area contributed by atoms with Gasteiger partial charge >= 0.3 is 0 Å². The third-order valence-corrected chi connectivity index (χ3v) is 3.27. The molecule has 1 rings (SSSR count). The van der Waals surface area contributed by atoms with E-state index in [-0.39, 0.29) is 12.6 Å². The van der Waals surface area contributed by atoms with Crippen molar-refractivity contribution in [1.82, 2.24) is 5.32 Å². The van der Waals surface area contributed by atoms with E-state index in [1.807, 2.05) is 19.1 Å². The molecule has 1 aromatic rings. The highest BCUT2D eigenvalue weighted by Crippen LogP contribution is 2.37. The summed E-state index contributed by atoms with van der Waals surface area (Å²) in [6.07, 6.45) is 0.863. The topological polar surface area (TPSA) is 50.7 Å². The third-order valence-electron chi connectivity index (χ3n) is 2.86. The van der Waals surface area contributed by atoms with E-state index >= 15 is 0 Å². The number of hydrogen-bond donors (Lipinski definition) is 2. The van der Waals surface area contributed by atoms with Crippen LogP contribution in [0.15, 0.2) is 12.1 Å². The zero-order valence-electron chi connectivity index (χ0n) is 11.0. The summed E-state index contributed by atoms with van der Waals surface area (Å²) in [7, 11) is 3.13. The first kappa shape index (κ1) is 15.1. The number of nitrogens with one attached hydrogen (secondary N) is 1. The summed E-state index contributed by atoms with van der Waals surface area (Å²) in [5.41, 5.74) is 0.918. The van der Waals surface area contributed by atoms with Crippen LogP contribution in [0.25, 0.3) is 0 Å². The van der Waals surface area contributed by atoms with Crippen LogP contribution in [-0.4, -0.2) is 32.0 Å². The lowest BCUT2D eigenvalue weighted by Crippen LogP contribution is -2.31. The summed E-state index contributed by atoms with van der Waals surface area (Å²) in [5, 5.41) is 12.9. The summed E-state index contributed by atoms with van der Waals surface area (Å²) in [6, 6.07) is 3.79. The molecule has 0 heterocycles. The standard InChI is InChI=1S/C13H20ClNO3/c1-4-10(8-16)15-7-9-5-6-11(17-2)13(18-3)12(9)14/h5-6,10,15-16H,4,7-8H2,1-3H3/t10-/m1/s1. The van der Waals surface area contributed by atoms with Crippen molar-refractivity contribution in [1.29, 1.82) is 0 Å². The second-order valence-electron chi connectivity index (χ2n) is 3.94. The smallest absolute Gasteiger partial charge is 0.179 e. The van der Waals surface area contributed by atoms with Crippen LogP contribution >= 0.6 is 11.6 Å². The quantitative estimate of drug-likeness (QED) is 0.800. The molecule has 5 heteroatoms. The van der Waals surface area contributed by atoms with Gasteiger partial charge in [0.25, 0.3) is 0 Å². The number of hydrogen-bond acceptors (Lipinski definition) is 4. The third kappa shape index (κ3) is 3.51. The van der Waals surface area contributed by atoms with E-state index in [2.05, 4.69) is 5.32 Å². The number of benzene rings is 1. The molecule has 0 saturated heterocycles. The number of methoxy groups -OCH3 is 2. The van der Waals surface area contributed by atoms with Crippen molar-refractivity contribution in [2.24, 2.45) is 0 Å².